The van der Waals surface area contributed by atoms with Crippen LogP contribution in [0.1, 0.15) is 43.8 Å². The summed E-state index contributed by atoms with van der Waals surface area (Å²) in [5, 5.41) is 6.92. The van der Waals surface area contributed by atoms with Crippen molar-refractivity contribution in [1.82, 2.24) is 10.3 Å². The van der Waals surface area contributed by atoms with Gasteiger partial charge in [-0.1, -0.05) is 26.0 Å². The molecule has 0 spiro atoms. The predicted octanol–water partition coefficient (Wildman–Crippen LogP) is 3.72. The van der Waals surface area contributed by atoms with Crippen LogP contribution in [0.25, 0.3) is 0 Å². The van der Waals surface area contributed by atoms with Crippen molar-refractivity contribution in [3.05, 3.63) is 28.2 Å². The third-order valence-electron chi connectivity index (χ3n) is 2.84. The molecule has 0 radical (unpaired) electrons. The highest BCUT2D eigenvalue weighted by atomic mass is 32.1. The van der Waals surface area contributed by atoms with Gasteiger partial charge in [0.1, 0.15) is 0 Å². The molecule has 3 heteroatoms. The molecule has 2 nitrogen and oxygen atoms in total. The zero-order valence-electron chi connectivity index (χ0n) is 11.3. The highest BCUT2D eigenvalue weighted by Crippen LogP contribution is 2.14. The van der Waals surface area contributed by atoms with E-state index in [9.17, 15) is 0 Å². The minimum Gasteiger partial charge on any atom is -0.313 e. The van der Waals surface area contributed by atoms with Gasteiger partial charge in [0.15, 0.2) is 0 Å². The van der Waals surface area contributed by atoms with Crippen LogP contribution in [0, 0.1) is 6.92 Å². The van der Waals surface area contributed by atoms with Gasteiger partial charge in [-0.25, -0.2) is 4.98 Å². The van der Waals surface area contributed by atoms with Crippen LogP contribution in [-0.2, 0) is 6.42 Å². The molecule has 0 aromatic carbocycles. The summed E-state index contributed by atoms with van der Waals surface area (Å²) in [5.41, 5.74) is 2.54. The maximum Gasteiger partial charge on any atom is 0.0897 e. The minimum atomic E-state index is 0.490. The Labute approximate surface area is 109 Å². The van der Waals surface area contributed by atoms with Crippen LogP contribution in [0.3, 0.4) is 0 Å². The largest absolute Gasteiger partial charge is 0.313 e. The van der Waals surface area contributed by atoms with E-state index in [1.807, 2.05) is 0 Å². The van der Waals surface area contributed by atoms with Gasteiger partial charge in [0.25, 0.3) is 0 Å². The summed E-state index contributed by atoms with van der Waals surface area (Å²) >= 11 is 1.73. The predicted molar refractivity (Wildman–Crippen MR) is 76.7 cm³/mol. The van der Waals surface area contributed by atoms with Crippen molar-refractivity contribution in [2.75, 3.05) is 6.54 Å². The zero-order chi connectivity index (χ0) is 12.7. The summed E-state index contributed by atoms with van der Waals surface area (Å²) in [4.78, 5) is 4.54. The maximum atomic E-state index is 4.54. The lowest BCUT2D eigenvalue weighted by Gasteiger charge is -2.18. The first-order valence-electron chi connectivity index (χ1n) is 6.46. The van der Waals surface area contributed by atoms with Gasteiger partial charge in [-0.2, -0.15) is 0 Å². The topological polar surface area (TPSA) is 24.9 Å². The second kappa shape index (κ2) is 7.62. The monoisotopic (exact) mass is 252 g/mol. The fourth-order valence-electron chi connectivity index (χ4n) is 1.81. The quantitative estimate of drug-likeness (QED) is 0.713. The summed E-state index contributed by atoms with van der Waals surface area (Å²) in [6.45, 7) is 11.6. The molecule has 0 saturated heterocycles. The molecule has 96 valence electrons. The highest BCUT2D eigenvalue weighted by molar-refractivity contribution is 7.09. The van der Waals surface area contributed by atoms with Crippen LogP contribution in [0.4, 0.5) is 0 Å². The average molecular weight is 252 g/mol. The Hall–Kier alpha value is -0.670. The Morgan fingerprint density at radius 2 is 2.29 bits per heavy atom. The van der Waals surface area contributed by atoms with Gasteiger partial charge in [-0.15, -0.1) is 11.3 Å². The highest BCUT2D eigenvalue weighted by Gasteiger charge is 2.11. The smallest absolute Gasteiger partial charge is 0.0897 e. The standard InChI is InChI=1S/C14H24N2S/c1-5-7-15-13(8-11(3)6-2)9-14-10-17-12(4)16-14/h10,13,15H,3,5-9H2,1-2,4H3. The van der Waals surface area contributed by atoms with Gasteiger partial charge >= 0.3 is 0 Å². The second-order valence-corrected chi connectivity index (χ2v) is 5.58. The summed E-state index contributed by atoms with van der Waals surface area (Å²) in [7, 11) is 0. The molecule has 0 aliphatic carbocycles. The average Bonchev–Trinajstić information content (AvgIpc) is 2.71. The molecule has 1 heterocycles. The number of rotatable bonds is 8. The molecule has 1 aromatic heterocycles. The van der Waals surface area contributed by atoms with Crippen LogP contribution in [-0.4, -0.2) is 17.6 Å². The van der Waals surface area contributed by atoms with E-state index in [-0.39, 0.29) is 0 Å². The van der Waals surface area contributed by atoms with Gasteiger partial charge in [0, 0.05) is 17.8 Å². The first-order chi connectivity index (χ1) is 8.15. The summed E-state index contributed by atoms with van der Waals surface area (Å²) < 4.78 is 0. The lowest BCUT2D eigenvalue weighted by atomic mass is 10.0. The van der Waals surface area contributed by atoms with Crippen molar-refractivity contribution in [2.24, 2.45) is 0 Å². The first kappa shape index (κ1) is 14.4. The Morgan fingerprint density at radius 3 is 2.82 bits per heavy atom. The lowest BCUT2D eigenvalue weighted by Crippen LogP contribution is -2.32. The number of nitrogens with zero attached hydrogens (tertiary/aromatic N) is 1. The number of thiazole rings is 1. The minimum absolute atomic E-state index is 0.490. The SMILES string of the molecule is C=C(CC)CC(Cc1csc(C)n1)NCCC. The zero-order valence-corrected chi connectivity index (χ0v) is 12.1. The van der Waals surface area contributed by atoms with Crippen LogP contribution in [0.15, 0.2) is 17.5 Å². The molecule has 1 unspecified atom stereocenters. The molecule has 0 amide bonds. The van der Waals surface area contributed by atoms with Crippen molar-refractivity contribution in [2.45, 2.75) is 52.5 Å². The van der Waals surface area contributed by atoms with Crippen molar-refractivity contribution in [3.8, 4) is 0 Å². The molecule has 0 aliphatic heterocycles. The normalized spacial score (nSPS) is 12.6. The van der Waals surface area contributed by atoms with E-state index in [4.69, 9.17) is 0 Å². The van der Waals surface area contributed by atoms with Gasteiger partial charge in [-0.05, 0) is 32.7 Å². The van der Waals surface area contributed by atoms with E-state index in [0.29, 0.717) is 6.04 Å². The molecular weight excluding hydrogens is 228 g/mol. The van der Waals surface area contributed by atoms with Crippen molar-refractivity contribution >= 4 is 11.3 Å². The maximum absolute atomic E-state index is 4.54. The Morgan fingerprint density at radius 1 is 1.53 bits per heavy atom. The Bertz CT molecular complexity index is 344. The van der Waals surface area contributed by atoms with Crippen LogP contribution in [0.5, 0.6) is 0 Å². The van der Waals surface area contributed by atoms with Crippen molar-refractivity contribution in [1.29, 1.82) is 0 Å². The van der Waals surface area contributed by atoms with Crippen LogP contribution in [0.2, 0.25) is 0 Å². The molecular formula is C14H24N2S. The van der Waals surface area contributed by atoms with Gasteiger partial charge in [0.2, 0.25) is 0 Å². The van der Waals surface area contributed by atoms with Gasteiger partial charge in [-0.3, -0.25) is 0 Å². The molecule has 0 aliphatic rings. The molecule has 17 heavy (non-hydrogen) atoms. The molecule has 0 fully saturated rings. The molecule has 1 rings (SSSR count). The number of hydrogen-bond acceptors (Lipinski definition) is 3. The van der Waals surface area contributed by atoms with Crippen molar-refractivity contribution in [3.63, 3.8) is 0 Å². The molecule has 0 bridgehead atoms. The van der Waals surface area contributed by atoms with E-state index in [2.05, 4.69) is 43.0 Å². The lowest BCUT2D eigenvalue weighted by molar-refractivity contribution is 0.496. The Balaban J connectivity index is 2.53. The molecule has 1 N–H and O–H groups in total. The van der Waals surface area contributed by atoms with Gasteiger partial charge < -0.3 is 5.32 Å². The number of aryl methyl sites for hydroxylation is 1. The number of hydrogen-bond donors (Lipinski definition) is 1. The molecule has 0 saturated carbocycles. The van der Waals surface area contributed by atoms with E-state index < -0.39 is 0 Å². The van der Waals surface area contributed by atoms with E-state index in [0.717, 1.165) is 30.8 Å². The Kier molecular flexibility index (Phi) is 6.45. The van der Waals surface area contributed by atoms with E-state index in [1.54, 1.807) is 11.3 Å². The third kappa shape index (κ3) is 5.46. The summed E-state index contributed by atoms with van der Waals surface area (Å²) in [6.07, 6.45) is 4.32. The molecule has 1 atom stereocenters. The number of nitrogens with one attached hydrogen (secondary N) is 1. The first-order valence-corrected chi connectivity index (χ1v) is 7.34. The van der Waals surface area contributed by atoms with E-state index in [1.165, 1.54) is 17.7 Å². The third-order valence-corrected chi connectivity index (χ3v) is 3.66. The number of aromatic nitrogens is 1. The summed E-state index contributed by atoms with van der Waals surface area (Å²) in [6, 6.07) is 0.490. The van der Waals surface area contributed by atoms with Crippen LogP contribution >= 0.6 is 11.3 Å². The fraction of sp³-hybridized carbons (Fsp3) is 0.643. The van der Waals surface area contributed by atoms with E-state index >= 15 is 0 Å². The summed E-state index contributed by atoms with van der Waals surface area (Å²) in [5.74, 6) is 0. The van der Waals surface area contributed by atoms with Crippen LogP contribution < -0.4 is 5.32 Å². The second-order valence-electron chi connectivity index (χ2n) is 4.52. The molecule has 1 aromatic rings. The van der Waals surface area contributed by atoms with Crippen molar-refractivity contribution < 1.29 is 0 Å². The van der Waals surface area contributed by atoms with Gasteiger partial charge in [0.05, 0.1) is 10.7 Å². The fourth-order valence-corrected chi connectivity index (χ4v) is 2.44.